The molecule has 0 bridgehead atoms. The molecular weight excluding hydrogens is 416 g/mol. The second-order valence-corrected chi connectivity index (χ2v) is 9.29. The van der Waals surface area contributed by atoms with E-state index in [2.05, 4.69) is 10.4 Å². The van der Waals surface area contributed by atoms with Crippen molar-refractivity contribution in [2.45, 2.75) is 18.4 Å². The lowest BCUT2D eigenvalue weighted by molar-refractivity contribution is 0.102. The normalized spacial score (nSPS) is 11.5. The quantitative estimate of drug-likeness (QED) is 0.518. The fourth-order valence-corrected chi connectivity index (χ4v) is 3.91. The SMILES string of the molecule is Cc1ccc(S(C)(=O)=O)cc1C(=O)Nc1cccc(Cn2nc3ccccn3c2=O)c1. The summed E-state index contributed by atoms with van der Waals surface area (Å²) in [6, 6.07) is 16.9. The van der Waals surface area contributed by atoms with Crippen LogP contribution < -0.4 is 11.0 Å². The number of carbonyl (C=O) groups excluding carboxylic acids is 1. The third kappa shape index (κ3) is 4.26. The van der Waals surface area contributed by atoms with Crippen molar-refractivity contribution in [2.24, 2.45) is 0 Å². The number of sulfone groups is 1. The maximum Gasteiger partial charge on any atom is 0.350 e. The number of anilines is 1. The van der Waals surface area contributed by atoms with Crippen LogP contribution in [0.2, 0.25) is 0 Å². The lowest BCUT2D eigenvalue weighted by Gasteiger charge is -2.10. The third-order valence-corrected chi connectivity index (χ3v) is 6.00. The fraction of sp³-hybridized carbons (Fsp3) is 0.136. The van der Waals surface area contributed by atoms with Crippen molar-refractivity contribution >= 4 is 27.1 Å². The molecule has 0 atom stereocenters. The molecule has 2 heterocycles. The molecule has 2 aromatic heterocycles. The van der Waals surface area contributed by atoms with Gasteiger partial charge in [-0.15, -0.1) is 5.10 Å². The first-order valence-electron chi connectivity index (χ1n) is 9.47. The number of nitrogens with one attached hydrogen (secondary N) is 1. The number of rotatable bonds is 5. The standard InChI is InChI=1S/C22H20N4O4S/c1-15-9-10-18(31(2,29)30)13-19(15)21(27)23-17-7-5-6-16(12-17)14-26-22(28)25-11-4-3-8-20(25)24-26/h3-13H,14H2,1-2H3,(H,23,27). The van der Waals surface area contributed by atoms with Crippen molar-refractivity contribution in [3.05, 3.63) is 94.0 Å². The van der Waals surface area contributed by atoms with Crippen molar-refractivity contribution in [2.75, 3.05) is 11.6 Å². The molecule has 2 aromatic carbocycles. The third-order valence-electron chi connectivity index (χ3n) is 4.89. The highest BCUT2D eigenvalue weighted by Gasteiger charge is 2.15. The van der Waals surface area contributed by atoms with Gasteiger partial charge in [-0.3, -0.25) is 9.20 Å². The lowest BCUT2D eigenvalue weighted by atomic mass is 10.1. The minimum Gasteiger partial charge on any atom is -0.322 e. The molecule has 1 N–H and O–H groups in total. The number of hydrogen-bond acceptors (Lipinski definition) is 5. The summed E-state index contributed by atoms with van der Waals surface area (Å²) in [4.78, 5) is 25.3. The summed E-state index contributed by atoms with van der Waals surface area (Å²) in [6.45, 7) is 1.99. The molecule has 0 saturated heterocycles. The monoisotopic (exact) mass is 436 g/mol. The van der Waals surface area contributed by atoms with Crippen molar-refractivity contribution in [3.63, 3.8) is 0 Å². The second kappa shape index (κ2) is 7.84. The Morgan fingerprint density at radius 2 is 1.87 bits per heavy atom. The van der Waals surface area contributed by atoms with E-state index in [0.29, 0.717) is 16.9 Å². The van der Waals surface area contributed by atoms with Crippen LogP contribution in [-0.4, -0.2) is 34.8 Å². The topological polar surface area (TPSA) is 103 Å². The number of benzene rings is 2. The van der Waals surface area contributed by atoms with Gasteiger partial charge in [0.25, 0.3) is 5.91 Å². The Bertz CT molecular complexity index is 1470. The van der Waals surface area contributed by atoms with Crippen LogP contribution in [-0.2, 0) is 16.4 Å². The number of aromatic nitrogens is 3. The van der Waals surface area contributed by atoms with E-state index < -0.39 is 15.7 Å². The minimum absolute atomic E-state index is 0.0863. The van der Waals surface area contributed by atoms with Crippen molar-refractivity contribution in [3.8, 4) is 0 Å². The summed E-state index contributed by atoms with van der Waals surface area (Å²) in [5.74, 6) is -0.412. The Balaban J connectivity index is 1.58. The first-order chi connectivity index (χ1) is 14.7. The average Bonchev–Trinajstić information content (AvgIpc) is 3.03. The summed E-state index contributed by atoms with van der Waals surface area (Å²) in [7, 11) is -3.43. The molecule has 1 amide bonds. The van der Waals surface area contributed by atoms with Gasteiger partial charge in [0.15, 0.2) is 15.5 Å². The van der Waals surface area contributed by atoms with Crippen molar-refractivity contribution in [1.29, 1.82) is 0 Å². The predicted molar refractivity (Wildman–Crippen MR) is 117 cm³/mol. The van der Waals surface area contributed by atoms with Gasteiger partial charge in [0.1, 0.15) is 0 Å². The maximum atomic E-state index is 12.8. The van der Waals surface area contributed by atoms with Crippen LogP contribution in [0, 0.1) is 6.92 Å². The van der Waals surface area contributed by atoms with E-state index in [4.69, 9.17) is 0 Å². The highest BCUT2D eigenvalue weighted by molar-refractivity contribution is 7.90. The first-order valence-corrected chi connectivity index (χ1v) is 11.4. The largest absolute Gasteiger partial charge is 0.350 e. The summed E-state index contributed by atoms with van der Waals surface area (Å²) in [6.07, 6.45) is 2.76. The number of fused-ring (bicyclic) bond motifs is 1. The van der Waals surface area contributed by atoms with Gasteiger partial charge < -0.3 is 5.32 Å². The Morgan fingerprint density at radius 1 is 1.06 bits per heavy atom. The van der Waals surface area contributed by atoms with Crippen LogP contribution in [0.3, 0.4) is 0 Å². The molecule has 0 spiro atoms. The van der Waals surface area contributed by atoms with Crippen LogP contribution >= 0.6 is 0 Å². The molecule has 4 rings (SSSR count). The molecule has 4 aromatic rings. The zero-order chi connectivity index (χ0) is 22.2. The molecular formula is C22H20N4O4S. The molecule has 0 radical (unpaired) electrons. The Kier molecular flexibility index (Phi) is 5.20. The van der Waals surface area contributed by atoms with Gasteiger partial charge in [-0.2, -0.15) is 0 Å². The van der Waals surface area contributed by atoms with Crippen LogP contribution in [0.1, 0.15) is 21.5 Å². The van der Waals surface area contributed by atoms with Crippen LogP contribution in [0.5, 0.6) is 0 Å². The number of carbonyl (C=O) groups is 1. The van der Waals surface area contributed by atoms with Gasteiger partial charge in [0.2, 0.25) is 0 Å². The summed E-state index contributed by atoms with van der Waals surface area (Å²) in [5.41, 5.74) is 2.56. The smallest absolute Gasteiger partial charge is 0.322 e. The zero-order valence-electron chi connectivity index (χ0n) is 16.9. The van der Waals surface area contributed by atoms with Crippen LogP contribution in [0.25, 0.3) is 5.65 Å². The number of nitrogens with zero attached hydrogens (tertiary/aromatic N) is 3. The first kappa shape index (κ1) is 20.5. The molecule has 31 heavy (non-hydrogen) atoms. The van der Waals surface area contributed by atoms with Gasteiger partial charge >= 0.3 is 5.69 Å². The van der Waals surface area contributed by atoms with Gasteiger partial charge in [0.05, 0.1) is 11.4 Å². The average molecular weight is 436 g/mol. The van der Waals surface area contributed by atoms with E-state index in [1.54, 1.807) is 49.5 Å². The summed E-state index contributed by atoms with van der Waals surface area (Å²) >= 11 is 0. The van der Waals surface area contributed by atoms with Gasteiger partial charge in [-0.1, -0.05) is 24.3 Å². The fourth-order valence-electron chi connectivity index (χ4n) is 3.27. The molecule has 0 aliphatic rings. The Labute approximate surface area is 178 Å². The molecule has 0 fully saturated rings. The Morgan fingerprint density at radius 3 is 2.61 bits per heavy atom. The van der Waals surface area contributed by atoms with Crippen molar-refractivity contribution in [1.82, 2.24) is 14.2 Å². The lowest BCUT2D eigenvalue weighted by Crippen LogP contribution is -2.21. The molecule has 158 valence electrons. The van der Waals surface area contributed by atoms with Gasteiger partial charge in [0, 0.05) is 23.7 Å². The van der Waals surface area contributed by atoms with E-state index in [9.17, 15) is 18.0 Å². The molecule has 0 saturated carbocycles. The van der Waals surface area contributed by atoms with E-state index in [-0.39, 0.29) is 22.7 Å². The summed E-state index contributed by atoms with van der Waals surface area (Å²) in [5, 5.41) is 7.11. The number of hydrogen-bond donors (Lipinski definition) is 1. The van der Waals surface area contributed by atoms with E-state index in [1.165, 1.54) is 21.2 Å². The van der Waals surface area contributed by atoms with E-state index >= 15 is 0 Å². The molecule has 9 heteroatoms. The molecule has 0 aliphatic heterocycles. The van der Waals surface area contributed by atoms with Crippen LogP contribution in [0.15, 0.2) is 76.6 Å². The zero-order valence-corrected chi connectivity index (χ0v) is 17.8. The molecule has 0 unspecified atom stereocenters. The van der Waals surface area contributed by atoms with E-state index in [0.717, 1.165) is 11.8 Å². The molecule has 8 nitrogen and oxygen atoms in total. The number of aryl methyl sites for hydroxylation is 1. The van der Waals surface area contributed by atoms with Crippen LogP contribution in [0.4, 0.5) is 5.69 Å². The van der Waals surface area contributed by atoms with E-state index in [1.807, 2.05) is 12.1 Å². The number of pyridine rings is 1. The van der Waals surface area contributed by atoms with Gasteiger partial charge in [-0.25, -0.2) is 17.9 Å². The predicted octanol–water partition coefficient (Wildman–Crippen LogP) is 2.51. The Hall–Kier alpha value is -3.72. The molecule has 0 aliphatic carbocycles. The minimum atomic E-state index is -3.43. The second-order valence-electron chi connectivity index (χ2n) is 7.27. The van der Waals surface area contributed by atoms with Gasteiger partial charge in [-0.05, 0) is 54.4 Å². The summed E-state index contributed by atoms with van der Waals surface area (Å²) < 4.78 is 26.5. The van der Waals surface area contributed by atoms with Crippen molar-refractivity contribution < 1.29 is 13.2 Å². The maximum absolute atomic E-state index is 12.8. The highest BCUT2D eigenvalue weighted by Crippen LogP contribution is 2.18. The number of amides is 1. The highest BCUT2D eigenvalue weighted by atomic mass is 32.2.